The molecule has 0 aliphatic heterocycles. The van der Waals surface area contributed by atoms with Crippen molar-refractivity contribution in [1.82, 2.24) is 30.2 Å². The van der Waals surface area contributed by atoms with Crippen LogP contribution in [0.5, 0.6) is 0 Å². The molecule has 3 N–H and O–H groups in total. The van der Waals surface area contributed by atoms with E-state index >= 15 is 0 Å². The molecule has 1 amide bonds. The van der Waals surface area contributed by atoms with Crippen LogP contribution in [-0.2, 0) is 0 Å². The van der Waals surface area contributed by atoms with E-state index in [4.69, 9.17) is 23.2 Å². The molecule has 0 aliphatic carbocycles. The Hall–Kier alpha value is -3.23. The quantitative estimate of drug-likeness (QED) is 0.469. The van der Waals surface area contributed by atoms with Crippen LogP contribution in [0.25, 0.3) is 22.6 Å². The summed E-state index contributed by atoms with van der Waals surface area (Å²) in [5, 5.41) is 6.59. The Balaban J connectivity index is 1.75. The molecule has 0 saturated heterocycles. The second-order valence-electron chi connectivity index (χ2n) is 5.74. The molecule has 1 aromatic carbocycles. The summed E-state index contributed by atoms with van der Waals surface area (Å²) in [6, 6.07) is 8.46. The number of imidazole rings is 1. The number of fused-ring (bicyclic) bond motifs is 1. The van der Waals surface area contributed by atoms with Crippen molar-refractivity contribution in [3.05, 3.63) is 58.5 Å². The van der Waals surface area contributed by atoms with Gasteiger partial charge >= 0.3 is 0 Å². The highest BCUT2D eigenvalue weighted by Crippen LogP contribution is 2.34. The maximum absolute atomic E-state index is 11.8. The minimum Gasteiger partial charge on any atom is -0.355 e. The minimum absolute atomic E-state index is 0.213. The van der Waals surface area contributed by atoms with E-state index in [2.05, 4.69) is 35.6 Å². The summed E-state index contributed by atoms with van der Waals surface area (Å²) in [7, 11) is 1.57. The zero-order valence-electron chi connectivity index (χ0n) is 14.5. The number of nitrogens with one attached hydrogen (secondary N) is 3. The number of carbonyl (C=O) groups excluding carboxylic acids is 1. The largest absolute Gasteiger partial charge is 0.355 e. The Morgan fingerprint density at radius 2 is 1.89 bits per heavy atom. The third-order valence-corrected chi connectivity index (χ3v) is 4.61. The first kappa shape index (κ1) is 18.1. The number of hydrogen-bond donors (Lipinski definition) is 3. The van der Waals surface area contributed by atoms with Gasteiger partial charge in [-0.15, -0.1) is 0 Å². The standard InChI is InChI=1S/C18H13Cl2N7O/c1-21-18(28)9-5-6-22-12(7-9)25-16-14-17(24-8-23-16)27-15(26-14)13-10(19)3-2-4-11(13)20/h2-8H,1H3,(H,21,28)(H2,22,23,24,25,26,27). The Kier molecular flexibility index (Phi) is 4.81. The smallest absolute Gasteiger partial charge is 0.251 e. The number of anilines is 2. The number of amides is 1. The molecule has 4 rings (SSSR count). The third kappa shape index (κ3) is 3.35. The number of hydrogen-bond acceptors (Lipinski definition) is 6. The molecule has 0 atom stereocenters. The van der Waals surface area contributed by atoms with Gasteiger partial charge in [-0.2, -0.15) is 0 Å². The van der Waals surface area contributed by atoms with Crippen LogP contribution in [0.2, 0.25) is 10.0 Å². The lowest BCUT2D eigenvalue weighted by Crippen LogP contribution is -2.17. The average molecular weight is 414 g/mol. The lowest BCUT2D eigenvalue weighted by atomic mass is 10.2. The number of H-pyrrole nitrogens is 1. The monoisotopic (exact) mass is 413 g/mol. The SMILES string of the molecule is CNC(=O)c1ccnc(Nc2ncnc3nc(-c4c(Cl)cccc4Cl)[nH]c23)c1. The van der Waals surface area contributed by atoms with E-state index in [0.29, 0.717) is 49.8 Å². The molecule has 4 aromatic rings. The van der Waals surface area contributed by atoms with Crippen LogP contribution >= 0.6 is 23.2 Å². The maximum Gasteiger partial charge on any atom is 0.251 e. The molecule has 3 heterocycles. The van der Waals surface area contributed by atoms with E-state index < -0.39 is 0 Å². The number of benzene rings is 1. The zero-order valence-corrected chi connectivity index (χ0v) is 16.0. The molecule has 0 saturated carbocycles. The molecular formula is C18H13Cl2N7O. The number of carbonyl (C=O) groups is 1. The number of halogens is 2. The van der Waals surface area contributed by atoms with E-state index in [-0.39, 0.29) is 5.91 Å². The Morgan fingerprint density at radius 3 is 2.64 bits per heavy atom. The van der Waals surface area contributed by atoms with E-state index in [0.717, 1.165) is 0 Å². The van der Waals surface area contributed by atoms with Gasteiger partial charge in [-0.25, -0.2) is 19.9 Å². The molecule has 28 heavy (non-hydrogen) atoms. The Morgan fingerprint density at radius 1 is 1.11 bits per heavy atom. The fraction of sp³-hybridized carbons (Fsp3) is 0.0556. The second-order valence-corrected chi connectivity index (χ2v) is 6.55. The fourth-order valence-electron chi connectivity index (χ4n) is 2.67. The first-order chi connectivity index (χ1) is 13.6. The van der Waals surface area contributed by atoms with Gasteiger partial charge in [0, 0.05) is 18.8 Å². The molecule has 3 aromatic heterocycles. The zero-order chi connectivity index (χ0) is 19.7. The number of pyridine rings is 1. The predicted octanol–water partition coefficient (Wildman–Crippen LogP) is 3.82. The van der Waals surface area contributed by atoms with E-state index in [9.17, 15) is 4.79 Å². The van der Waals surface area contributed by atoms with Crippen LogP contribution in [-0.4, -0.2) is 37.9 Å². The second kappa shape index (κ2) is 7.41. The summed E-state index contributed by atoms with van der Waals surface area (Å²) in [6.07, 6.45) is 2.92. The van der Waals surface area contributed by atoms with Crippen LogP contribution in [0.4, 0.5) is 11.6 Å². The molecule has 0 spiro atoms. The molecule has 0 bridgehead atoms. The van der Waals surface area contributed by atoms with Crippen LogP contribution in [0, 0.1) is 0 Å². The van der Waals surface area contributed by atoms with Crippen LogP contribution < -0.4 is 10.6 Å². The van der Waals surface area contributed by atoms with Crippen molar-refractivity contribution < 1.29 is 4.79 Å². The summed E-state index contributed by atoms with van der Waals surface area (Å²) in [4.78, 5) is 32.1. The minimum atomic E-state index is -0.213. The van der Waals surface area contributed by atoms with Crippen LogP contribution in [0.3, 0.4) is 0 Å². The molecular weight excluding hydrogens is 401 g/mol. The van der Waals surface area contributed by atoms with Crippen LogP contribution in [0.15, 0.2) is 42.9 Å². The van der Waals surface area contributed by atoms with Gasteiger partial charge < -0.3 is 15.6 Å². The topological polar surface area (TPSA) is 108 Å². The van der Waals surface area contributed by atoms with Crippen molar-refractivity contribution in [2.75, 3.05) is 12.4 Å². The molecule has 140 valence electrons. The number of aromatic amines is 1. The molecule has 0 fully saturated rings. The molecule has 0 aliphatic rings. The van der Waals surface area contributed by atoms with Gasteiger partial charge in [0.05, 0.1) is 15.6 Å². The highest BCUT2D eigenvalue weighted by molar-refractivity contribution is 6.39. The van der Waals surface area contributed by atoms with Gasteiger partial charge in [0.15, 0.2) is 11.5 Å². The maximum atomic E-state index is 11.8. The highest BCUT2D eigenvalue weighted by atomic mass is 35.5. The van der Waals surface area contributed by atoms with Crippen molar-refractivity contribution in [2.45, 2.75) is 0 Å². The number of aromatic nitrogens is 5. The number of nitrogens with zero attached hydrogens (tertiary/aromatic N) is 4. The fourth-order valence-corrected chi connectivity index (χ4v) is 3.25. The van der Waals surface area contributed by atoms with Gasteiger partial charge in [-0.3, -0.25) is 4.79 Å². The Bertz CT molecular complexity index is 1170. The van der Waals surface area contributed by atoms with Gasteiger partial charge in [0.2, 0.25) is 0 Å². The van der Waals surface area contributed by atoms with E-state index in [1.807, 2.05) is 0 Å². The summed E-state index contributed by atoms with van der Waals surface area (Å²) in [5.41, 5.74) is 2.04. The molecule has 8 nitrogen and oxygen atoms in total. The van der Waals surface area contributed by atoms with Crippen molar-refractivity contribution >= 4 is 51.9 Å². The highest BCUT2D eigenvalue weighted by Gasteiger charge is 2.16. The molecule has 10 heteroatoms. The lowest BCUT2D eigenvalue weighted by molar-refractivity contribution is 0.0963. The first-order valence-corrected chi connectivity index (χ1v) is 8.92. The van der Waals surface area contributed by atoms with Crippen molar-refractivity contribution in [3.8, 4) is 11.4 Å². The first-order valence-electron chi connectivity index (χ1n) is 8.17. The van der Waals surface area contributed by atoms with Crippen LogP contribution in [0.1, 0.15) is 10.4 Å². The van der Waals surface area contributed by atoms with E-state index in [1.54, 1.807) is 37.4 Å². The Labute approximate surface area is 169 Å². The summed E-state index contributed by atoms with van der Waals surface area (Å²) < 4.78 is 0. The molecule has 0 radical (unpaired) electrons. The normalized spacial score (nSPS) is 10.8. The third-order valence-electron chi connectivity index (χ3n) is 3.98. The molecule has 0 unspecified atom stereocenters. The summed E-state index contributed by atoms with van der Waals surface area (Å²) in [5.74, 6) is 1.17. The van der Waals surface area contributed by atoms with Gasteiger partial charge in [0.1, 0.15) is 23.5 Å². The lowest BCUT2D eigenvalue weighted by Gasteiger charge is -2.06. The predicted molar refractivity (Wildman–Crippen MR) is 108 cm³/mol. The van der Waals surface area contributed by atoms with Gasteiger partial charge in [-0.05, 0) is 24.3 Å². The van der Waals surface area contributed by atoms with Gasteiger partial charge in [-0.1, -0.05) is 29.3 Å². The number of rotatable bonds is 4. The summed E-state index contributed by atoms with van der Waals surface area (Å²) in [6.45, 7) is 0. The van der Waals surface area contributed by atoms with Crippen molar-refractivity contribution in [1.29, 1.82) is 0 Å². The van der Waals surface area contributed by atoms with Crippen molar-refractivity contribution in [2.24, 2.45) is 0 Å². The average Bonchev–Trinajstić information content (AvgIpc) is 3.12. The van der Waals surface area contributed by atoms with E-state index in [1.165, 1.54) is 12.5 Å². The van der Waals surface area contributed by atoms with Crippen molar-refractivity contribution in [3.63, 3.8) is 0 Å². The summed E-state index contributed by atoms with van der Waals surface area (Å²) >= 11 is 12.6. The van der Waals surface area contributed by atoms with Gasteiger partial charge in [0.25, 0.3) is 5.91 Å².